The standard InChI is InChI=1S/C12H11ClF2N2O/c13-12-8(4-5-18-12)10(17-16)6-7-2-1-3-9(14)11(7)15/h1-5,10,17H,6,16H2. The van der Waals surface area contributed by atoms with E-state index in [1.165, 1.54) is 18.4 Å². The van der Waals surface area contributed by atoms with E-state index in [4.69, 9.17) is 21.9 Å². The maximum Gasteiger partial charge on any atom is 0.197 e. The first-order chi connectivity index (χ1) is 8.63. The molecule has 0 aliphatic rings. The predicted molar refractivity (Wildman–Crippen MR) is 63.8 cm³/mol. The van der Waals surface area contributed by atoms with Crippen LogP contribution in [0.2, 0.25) is 5.22 Å². The lowest BCUT2D eigenvalue weighted by molar-refractivity contribution is 0.478. The lowest BCUT2D eigenvalue weighted by atomic mass is 10.0. The Kier molecular flexibility index (Phi) is 3.96. The van der Waals surface area contributed by atoms with Crippen molar-refractivity contribution in [2.45, 2.75) is 12.5 Å². The van der Waals surface area contributed by atoms with Crippen molar-refractivity contribution in [2.24, 2.45) is 5.84 Å². The van der Waals surface area contributed by atoms with E-state index in [0.29, 0.717) is 5.56 Å². The van der Waals surface area contributed by atoms with Gasteiger partial charge in [0.1, 0.15) is 0 Å². The van der Waals surface area contributed by atoms with E-state index in [9.17, 15) is 8.78 Å². The number of hydrogen-bond donors (Lipinski definition) is 2. The molecule has 18 heavy (non-hydrogen) atoms. The molecule has 0 radical (unpaired) electrons. The number of nitrogens with two attached hydrogens (primary N) is 1. The first kappa shape index (κ1) is 13.0. The van der Waals surface area contributed by atoms with E-state index in [2.05, 4.69) is 5.43 Å². The average Bonchev–Trinajstić information content (AvgIpc) is 2.77. The van der Waals surface area contributed by atoms with Crippen molar-refractivity contribution < 1.29 is 13.2 Å². The van der Waals surface area contributed by atoms with Crippen LogP contribution in [0.3, 0.4) is 0 Å². The van der Waals surface area contributed by atoms with Crippen LogP contribution in [0.15, 0.2) is 34.9 Å². The third-order valence-corrected chi connectivity index (χ3v) is 2.99. The Balaban J connectivity index is 2.26. The molecule has 1 aromatic heterocycles. The molecule has 96 valence electrons. The van der Waals surface area contributed by atoms with E-state index >= 15 is 0 Å². The summed E-state index contributed by atoms with van der Waals surface area (Å²) in [4.78, 5) is 0. The molecule has 1 aromatic carbocycles. The second kappa shape index (κ2) is 5.48. The summed E-state index contributed by atoms with van der Waals surface area (Å²) in [7, 11) is 0. The van der Waals surface area contributed by atoms with Crippen LogP contribution in [0.25, 0.3) is 0 Å². The molecule has 0 fully saturated rings. The second-order valence-electron chi connectivity index (χ2n) is 3.79. The monoisotopic (exact) mass is 272 g/mol. The Hall–Kier alpha value is -1.43. The summed E-state index contributed by atoms with van der Waals surface area (Å²) in [6.45, 7) is 0. The van der Waals surface area contributed by atoms with Gasteiger partial charge in [-0.25, -0.2) is 8.78 Å². The fourth-order valence-electron chi connectivity index (χ4n) is 1.74. The molecule has 0 saturated carbocycles. The normalized spacial score (nSPS) is 12.7. The Bertz CT molecular complexity index is 545. The number of benzene rings is 1. The second-order valence-corrected chi connectivity index (χ2v) is 4.13. The Morgan fingerprint density at radius 3 is 2.72 bits per heavy atom. The van der Waals surface area contributed by atoms with Gasteiger partial charge in [0.05, 0.1) is 12.3 Å². The molecule has 0 aliphatic heterocycles. The zero-order valence-corrected chi connectivity index (χ0v) is 10.0. The number of nitrogens with one attached hydrogen (secondary N) is 1. The lowest BCUT2D eigenvalue weighted by Gasteiger charge is -2.15. The van der Waals surface area contributed by atoms with E-state index in [0.717, 1.165) is 6.07 Å². The molecule has 2 aromatic rings. The maximum absolute atomic E-state index is 13.5. The zero-order valence-electron chi connectivity index (χ0n) is 9.29. The molecule has 1 heterocycles. The molecular weight excluding hydrogens is 262 g/mol. The molecule has 3 N–H and O–H groups in total. The third kappa shape index (κ3) is 2.53. The number of hydrazine groups is 1. The molecule has 0 spiro atoms. The summed E-state index contributed by atoms with van der Waals surface area (Å²) >= 11 is 5.82. The third-order valence-electron chi connectivity index (χ3n) is 2.68. The molecular formula is C12H11ClF2N2O. The van der Waals surface area contributed by atoms with Gasteiger partial charge in [-0.3, -0.25) is 11.3 Å². The average molecular weight is 273 g/mol. The highest BCUT2D eigenvalue weighted by molar-refractivity contribution is 6.29. The van der Waals surface area contributed by atoms with Crippen LogP contribution in [0.5, 0.6) is 0 Å². The molecule has 3 nitrogen and oxygen atoms in total. The van der Waals surface area contributed by atoms with Crippen LogP contribution >= 0.6 is 11.6 Å². The van der Waals surface area contributed by atoms with Gasteiger partial charge < -0.3 is 4.42 Å². The minimum absolute atomic E-state index is 0.166. The SMILES string of the molecule is NNC(Cc1cccc(F)c1F)c1ccoc1Cl. The Labute approximate surface area is 108 Å². The van der Waals surface area contributed by atoms with Crippen molar-refractivity contribution in [1.29, 1.82) is 0 Å². The first-order valence-electron chi connectivity index (χ1n) is 5.25. The van der Waals surface area contributed by atoms with Gasteiger partial charge in [0.2, 0.25) is 0 Å². The van der Waals surface area contributed by atoms with Crippen molar-refractivity contribution in [3.8, 4) is 0 Å². The van der Waals surface area contributed by atoms with Crippen LogP contribution in [0, 0.1) is 11.6 Å². The van der Waals surface area contributed by atoms with Gasteiger partial charge in [0, 0.05) is 5.56 Å². The van der Waals surface area contributed by atoms with Crippen molar-refractivity contribution in [3.05, 3.63) is 58.5 Å². The number of hydrogen-bond acceptors (Lipinski definition) is 3. The molecule has 0 aliphatic carbocycles. The molecule has 0 bridgehead atoms. The van der Waals surface area contributed by atoms with Crippen LogP contribution < -0.4 is 11.3 Å². The van der Waals surface area contributed by atoms with Gasteiger partial charge in [-0.15, -0.1) is 0 Å². The summed E-state index contributed by atoms with van der Waals surface area (Å²) in [5.74, 6) is 3.64. The zero-order chi connectivity index (χ0) is 13.1. The summed E-state index contributed by atoms with van der Waals surface area (Å²) in [5.41, 5.74) is 3.32. The fourth-order valence-corrected chi connectivity index (χ4v) is 1.98. The summed E-state index contributed by atoms with van der Waals surface area (Å²) in [6, 6.07) is 5.18. The highest BCUT2D eigenvalue weighted by atomic mass is 35.5. The van der Waals surface area contributed by atoms with Crippen molar-refractivity contribution in [1.82, 2.24) is 5.43 Å². The highest BCUT2D eigenvalue weighted by Gasteiger charge is 2.19. The van der Waals surface area contributed by atoms with Crippen LogP contribution in [-0.2, 0) is 6.42 Å². The number of halogens is 3. The van der Waals surface area contributed by atoms with Crippen molar-refractivity contribution >= 4 is 11.6 Å². The smallest absolute Gasteiger partial charge is 0.197 e. The van der Waals surface area contributed by atoms with Gasteiger partial charge in [0.25, 0.3) is 0 Å². The van der Waals surface area contributed by atoms with Gasteiger partial charge in [-0.2, -0.15) is 0 Å². The van der Waals surface area contributed by atoms with Gasteiger partial charge >= 0.3 is 0 Å². The molecule has 1 atom stereocenters. The molecule has 1 unspecified atom stereocenters. The molecule has 0 amide bonds. The minimum Gasteiger partial charge on any atom is -0.453 e. The molecule has 2 rings (SSSR count). The van der Waals surface area contributed by atoms with Gasteiger partial charge in [-0.1, -0.05) is 12.1 Å². The van der Waals surface area contributed by atoms with Crippen LogP contribution in [0.1, 0.15) is 17.2 Å². The van der Waals surface area contributed by atoms with E-state index in [-0.39, 0.29) is 17.2 Å². The predicted octanol–water partition coefficient (Wildman–Crippen LogP) is 2.96. The Morgan fingerprint density at radius 2 is 2.11 bits per heavy atom. The minimum atomic E-state index is -0.887. The largest absolute Gasteiger partial charge is 0.453 e. The topological polar surface area (TPSA) is 51.2 Å². The molecule has 6 heteroatoms. The summed E-state index contributed by atoms with van der Waals surface area (Å²) in [5, 5.41) is 0.176. The van der Waals surface area contributed by atoms with Crippen LogP contribution in [-0.4, -0.2) is 0 Å². The van der Waals surface area contributed by atoms with E-state index < -0.39 is 17.7 Å². The number of rotatable bonds is 4. The fraction of sp³-hybridized carbons (Fsp3) is 0.167. The van der Waals surface area contributed by atoms with Gasteiger partial charge in [0.15, 0.2) is 16.9 Å². The van der Waals surface area contributed by atoms with E-state index in [1.54, 1.807) is 6.07 Å². The van der Waals surface area contributed by atoms with Crippen LogP contribution in [0.4, 0.5) is 8.78 Å². The number of furan rings is 1. The molecule has 0 saturated heterocycles. The quantitative estimate of drug-likeness (QED) is 0.665. The first-order valence-corrected chi connectivity index (χ1v) is 5.63. The highest BCUT2D eigenvalue weighted by Crippen LogP contribution is 2.27. The lowest BCUT2D eigenvalue weighted by Crippen LogP contribution is -2.29. The van der Waals surface area contributed by atoms with Crippen molar-refractivity contribution in [3.63, 3.8) is 0 Å². The maximum atomic E-state index is 13.5. The summed E-state index contributed by atoms with van der Waals surface area (Å²) < 4.78 is 31.6. The van der Waals surface area contributed by atoms with Gasteiger partial charge in [-0.05, 0) is 35.7 Å². The summed E-state index contributed by atoms with van der Waals surface area (Å²) in [6.07, 6.45) is 1.57. The Morgan fingerprint density at radius 1 is 1.33 bits per heavy atom. The van der Waals surface area contributed by atoms with Crippen molar-refractivity contribution in [2.75, 3.05) is 0 Å². The van der Waals surface area contributed by atoms with E-state index in [1.807, 2.05) is 0 Å².